The zero-order valence-electron chi connectivity index (χ0n) is 21.1. The number of benzene rings is 2. The molecule has 3 aromatic rings. The number of ether oxygens (including phenoxy) is 1. The van der Waals surface area contributed by atoms with Crippen molar-refractivity contribution in [3.63, 3.8) is 0 Å². The largest absolute Gasteiger partial charge is 0.433 e. The summed E-state index contributed by atoms with van der Waals surface area (Å²) in [5.41, 5.74) is 2.94. The molecule has 0 aliphatic carbocycles. The molecule has 1 aliphatic heterocycles. The zero-order valence-corrected chi connectivity index (χ0v) is 21.1. The highest BCUT2D eigenvalue weighted by Crippen LogP contribution is 2.43. The Bertz CT molecular complexity index is 1410. The van der Waals surface area contributed by atoms with E-state index < -0.39 is 41.4 Å². The van der Waals surface area contributed by atoms with Crippen molar-refractivity contribution in [1.29, 1.82) is 5.26 Å². The number of alkyl halides is 3. The summed E-state index contributed by atoms with van der Waals surface area (Å²) in [4.78, 5) is 14.5. The summed E-state index contributed by atoms with van der Waals surface area (Å²) in [6.07, 6.45) is -3.77. The molecule has 8 nitrogen and oxygen atoms in total. The number of anilines is 1. The molecule has 2 heterocycles. The quantitative estimate of drug-likeness (QED) is 0.439. The van der Waals surface area contributed by atoms with E-state index in [1.807, 2.05) is 6.07 Å². The van der Waals surface area contributed by atoms with Crippen molar-refractivity contribution in [3.05, 3.63) is 59.2 Å². The Morgan fingerprint density at radius 1 is 1.24 bits per heavy atom. The fraction of sp³-hybridized carbons (Fsp3) is 0.385. The summed E-state index contributed by atoms with van der Waals surface area (Å²) < 4.78 is 67.5. The number of nitrogens with two attached hydrogens (primary N) is 1. The van der Waals surface area contributed by atoms with E-state index in [4.69, 9.17) is 10.2 Å². The average molecular weight is 532 g/mol. The van der Waals surface area contributed by atoms with Gasteiger partial charge in [0.15, 0.2) is 0 Å². The maximum absolute atomic E-state index is 15.8. The van der Waals surface area contributed by atoms with Crippen LogP contribution in [0.2, 0.25) is 0 Å². The van der Waals surface area contributed by atoms with Crippen LogP contribution in [0.5, 0.6) is 5.75 Å². The van der Waals surface area contributed by atoms with Crippen LogP contribution in [0.1, 0.15) is 51.1 Å². The Labute approximate surface area is 216 Å². The SMILES string of the molecule is CC(F)(F)Oc1ccc(CN2C(=O)[C@H](N)CC(C)(F)c3cc(F)c(-c4nnc(C(C)(C)C#N)o4)cc32)cc1. The maximum Gasteiger partial charge on any atom is 0.394 e. The van der Waals surface area contributed by atoms with Gasteiger partial charge in [0.25, 0.3) is 5.89 Å². The molecule has 0 saturated carbocycles. The molecule has 0 spiro atoms. The third-order valence-electron chi connectivity index (χ3n) is 6.15. The molecule has 1 aromatic heterocycles. The van der Waals surface area contributed by atoms with Gasteiger partial charge in [0, 0.05) is 18.9 Å². The van der Waals surface area contributed by atoms with E-state index in [9.17, 15) is 18.8 Å². The number of hydrogen-bond donors (Lipinski definition) is 1. The van der Waals surface area contributed by atoms with Crippen molar-refractivity contribution < 1.29 is 31.5 Å². The second-order valence-electron chi connectivity index (χ2n) is 9.98. The summed E-state index contributed by atoms with van der Waals surface area (Å²) in [6.45, 7) is 4.78. The van der Waals surface area contributed by atoms with Crippen molar-refractivity contribution in [2.45, 2.75) is 63.9 Å². The van der Waals surface area contributed by atoms with Crippen molar-refractivity contribution in [2.24, 2.45) is 5.73 Å². The molecule has 2 N–H and O–H groups in total. The summed E-state index contributed by atoms with van der Waals surface area (Å²) in [6, 6.07) is 8.51. The number of fused-ring (bicyclic) bond motifs is 1. The highest BCUT2D eigenvalue weighted by atomic mass is 19.3. The lowest BCUT2D eigenvalue weighted by molar-refractivity contribution is -0.158. The highest BCUT2D eigenvalue weighted by molar-refractivity contribution is 5.99. The number of carbonyl (C=O) groups excluding carboxylic acids is 1. The topological polar surface area (TPSA) is 118 Å². The monoisotopic (exact) mass is 531 g/mol. The number of nitriles is 1. The first kappa shape index (κ1) is 27.1. The van der Waals surface area contributed by atoms with Crippen LogP contribution in [-0.4, -0.2) is 28.3 Å². The molecule has 1 unspecified atom stereocenters. The number of halogens is 4. The first-order chi connectivity index (χ1) is 17.6. The normalized spacial score (nSPS) is 20.1. The van der Waals surface area contributed by atoms with E-state index in [0.29, 0.717) is 12.5 Å². The van der Waals surface area contributed by atoms with Gasteiger partial charge in [-0.15, -0.1) is 10.2 Å². The lowest BCUT2D eigenvalue weighted by atomic mass is 9.90. The second-order valence-corrected chi connectivity index (χ2v) is 9.98. The fourth-order valence-electron chi connectivity index (χ4n) is 4.14. The number of amides is 1. The molecule has 2 aromatic carbocycles. The van der Waals surface area contributed by atoms with Gasteiger partial charge in [-0.1, -0.05) is 12.1 Å². The Morgan fingerprint density at radius 2 is 1.89 bits per heavy atom. The van der Waals surface area contributed by atoms with Crippen LogP contribution in [0.3, 0.4) is 0 Å². The van der Waals surface area contributed by atoms with E-state index >= 15 is 8.78 Å². The Morgan fingerprint density at radius 3 is 2.50 bits per heavy atom. The molecule has 12 heteroatoms. The van der Waals surface area contributed by atoms with Gasteiger partial charge in [0.05, 0.1) is 29.9 Å². The van der Waals surface area contributed by atoms with E-state index in [1.54, 1.807) is 13.8 Å². The van der Waals surface area contributed by atoms with Crippen molar-refractivity contribution >= 4 is 11.6 Å². The maximum atomic E-state index is 15.8. The third-order valence-corrected chi connectivity index (χ3v) is 6.15. The summed E-state index contributed by atoms with van der Waals surface area (Å²) in [5.74, 6) is -1.89. The second kappa shape index (κ2) is 9.40. The third kappa shape index (κ3) is 5.33. The van der Waals surface area contributed by atoms with Crippen molar-refractivity contribution in [1.82, 2.24) is 10.2 Å². The minimum absolute atomic E-state index is 0.0315. The van der Waals surface area contributed by atoms with Gasteiger partial charge >= 0.3 is 6.11 Å². The van der Waals surface area contributed by atoms with E-state index in [2.05, 4.69) is 14.9 Å². The summed E-state index contributed by atoms with van der Waals surface area (Å²) >= 11 is 0. The molecule has 200 valence electrons. The van der Waals surface area contributed by atoms with Crippen LogP contribution in [0.4, 0.5) is 23.2 Å². The van der Waals surface area contributed by atoms with Gasteiger partial charge in [0.2, 0.25) is 11.8 Å². The molecule has 0 bridgehead atoms. The van der Waals surface area contributed by atoms with E-state index in [-0.39, 0.29) is 40.9 Å². The first-order valence-electron chi connectivity index (χ1n) is 11.6. The van der Waals surface area contributed by atoms with Gasteiger partial charge in [-0.3, -0.25) is 4.79 Å². The van der Waals surface area contributed by atoms with Crippen molar-refractivity contribution in [2.75, 3.05) is 4.90 Å². The van der Waals surface area contributed by atoms with Gasteiger partial charge < -0.3 is 19.8 Å². The number of rotatable bonds is 6. The number of carbonyl (C=O) groups is 1. The number of nitrogens with zero attached hydrogens (tertiary/aromatic N) is 4. The average Bonchev–Trinajstić information content (AvgIpc) is 3.31. The molecule has 0 fully saturated rings. The smallest absolute Gasteiger partial charge is 0.394 e. The van der Waals surface area contributed by atoms with E-state index in [0.717, 1.165) is 6.07 Å². The lowest BCUT2D eigenvalue weighted by Gasteiger charge is -2.26. The molecule has 4 rings (SSSR count). The predicted molar refractivity (Wildman–Crippen MR) is 128 cm³/mol. The highest BCUT2D eigenvalue weighted by Gasteiger charge is 2.42. The Balaban J connectivity index is 1.79. The molecular weight excluding hydrogens is 506 g/mol. The fourth-order valence-corrected chi connectivity index (χ4v) is 4.14. The van der Waals surface area contributed by atoms with Crippen LogP contribution in [-0.2, 0) is 22.4 Å². The van der Waals surface area contributed by atoms with Crippen LogP contribution in [0.25, 0.3) is 11.5 Å². The van der Waals surface area contributed by atoms with Crippen molar-refractivity contribution in [3.8, 4) is 23.3 Å². The van der Waals surface area contributed by atoms with Gasteiger partial charge in [-0.05, 0) is 50.6 Å². The van der Waals surface area contributed by atoms with Crippen LogP contribution < -0.4 is 15.4 Å². The predicted octanol–water partition coefficient (Wildman–Crippen LogP) is 5.12. The molecule has 1 amide bonds. The summed E-state index contributed by atoms with van der Waals surface area (Å²) in [7, 11) is 0. The molecule has 2 atom stereocenters. The van der Waals surface area contributed by atoms with Gasteiger partial charge in [0.1, 0.15) is 22.7 Å². The molecular formula is C26H25F4N5O3. The van der Waals surface area contributed by atoms with Gasteiger partial charge in [-0.2, -0.15) is 14.0 Å². The van der Waals surface area contributed by atoms with Crippen LogP contribution in [0, 0.1) is 17.1 Å². The minimum atomic E-state index is -3.38. The molecule has 38 heavy (non-hydrogen) atoms. The summed E-state index contributed by atoms with van der Waals surface area (Å²) in [5, 5.41) is 17.0. The lowest BCUT2D eigenvalue weighted by Crippen LogP contribution is -2.43. The minimum Gasteiger partial charge on any atom is -0.433 e. The molecule has 0 radical (unpaired) electrons. The standard InChI is InChI=1S/C26H25F4N5O3/c1-24(2,13-31)23-34-33-21(37-23)16-9-20-17(10-18(16)27)25(3,28)11-19(32)22(36)35(20)12-14-5-7-15(8-6-14)38-26(4,29)30/h5-10,19H,11-12,32H2,1-4H3/t19-,25?/m1/s1. The first-order valence-corrected chi connectivity index (χ1v) is 11.6. The van der Waals surface area contributed by atoms with Crippen LogP contribution in [0.15, 0.2) is 40.8 Å². The zero-order chi connectivity index (χ0) is 28.0. The van der Waals surface area contributed by atoms with E-state index in [1.165, 1.54) is 42.2 Å². The Hall–Kier alpha value is -3.98. The number of hydrogen-bond acceptors (Lipinski definition) is 7. The van der Waals surface area contributed by atoms with Gasteiger partial charge in [-0.25, -0.2) is 8.78 Å². The number of aromatic nitrogens is 2. The molecule has 1 aliphatic rings. The molecule has 0 saturated heterocycles. The Kier molecular flexibility index (Phi) is 6.69. The van der Waals surface area contributed by atoms with Crippen LogP contribution >= 0.6 is 0 Å².